The van der Waals surface area contributed by atoms with Crippen molar-refractivity contribution in [2.75, 3.05) is 20.7 Å². The first-order valence-corrected chi connectivity index (χ1v) is 9.28. The number of amides is 1. The van der Waals surface area contributed by atoms with E-state index >= 15 is 0 Å². The highest BCUT2D eigenvalue weighted by Crippen LogP contribution is 2.15. The van der Waals surface area contributed by atoms with Crippen molar-refractivity contribution in [3.8, 4) is 0 Å². The SMILES string of the molecule is CN=C(NCc1ccc(COCC(F)(F)F)cc1)NCc1ccc(C(=O)NC)cc1.I. The number of nitrogens with one attached hydrogen (secondary N) is 3. The lowest BCUT2D eigenvalue weighted by Crippen LogP contribution is -2.36. The first-order chi connectivity index (χ1) is 14.3. The molecule has 0 aliphatic heterocycles. The Morgan fingerprint density at radius 1 is 0.935 bits per heavy atom. The van der Waals surface area contributed by atoms with Gasteiger partial charge >= 0.3 is 6.18 Å². The molecule has 3 N–H and O–H groups in total. The van der Waals surface area contributed by atoms with Gasteiger partial charge < -0.3 is 20.7 Å². The van der Waals surface area contributed by atoms with Crippen LogP contribution in [-0.4, -0.2) is 38.7 Å². The minimum Gasteiger partial charge on any atom is -0.367 e. The predicted octanol–water partition coefficient (Wildman–Crippen LogP) is 3.61. The zero-order valence-electron chi connectivity index (χ0n) is 17.3. The summed E-state index contributed by atoms with van der Waals surface area (Å²) in [6.07, 6.45) is -4.32. The highest BCUT2D eigenvalue weighted by Gasteiger charge is 2.27. The largest absolute Gasteiger partial charge is 0.411 e. The number of hydrogen-bond donors (Lipinski definition) is 3. The van der Waals surface area contributed by atoms with Crippen molar-refractivity contribution in [1.82, 2.24) is 16.0 Å². The number of aliphatic imine (C=N–C) groups is 1. The summed E-state index contributed by atoms with van der Waals surface area (Å²) in [7, 11) is 3.24. The van der Waals surface area contributed by atoms with E-state index in [4.69, 9.17) is 0 Å². The molecule has 0 spiro atoms. The normalized spacial score (nSPS) is 11.5. The van der Waals surface area contributed by atoms with Crippen molar-refractivity contribution in [2.24, 2.45) is 4.99 Å². The van der Waals surface area contributed by atoms with Crippen LogP contribution in [0.5, 0.6) is 0 Å². The minimum absolute atomic E-state index is 0. The van der Waals surface area contributed by atoms with E-state index in [9.17, 15) is 18.0 Å². The van der Waals surface area contributed by atoms with Crippen LogP contribution >= 0.6 is 24.0 Å². The average molecular weight is 550 g/mol. The van der Waals surface area contributed by atoms with Gasteiger partial charge in [0, 0.05) is 32.7 Å². The quantitative estimate of drug-likeness (QED) is 0.267. The lowest BCUT2D eigenvalue weighted by atomic mass is 10.1. The molecule has 0 radical (unpaired) electrons. The van der Waals surface area contributed by atoms with Gasteiger partial charge in [-0.2, -0.15) is 13.2 Å². The van der Waals surface area contributed by atoms with E-state index in [1.807, 2.05) is 24.3 Å². The fourth-order valence-corrected chi connectivity index (χ4v) is 2.55. The molecule has 0 saturated carbocycles. The molecule has 31 heavy (non-hydrogen) atoms. The zero-order chi connectivity index (χ0) is 22.0. The molecule has 2 aromatic carbocycles. The average Bonchev–Trinajstić information content (AvgIpc) is 2.74. The second-order valence-corrected chi connectivity index (χ2v) is 6.48. The second kappa shape index (κ2) is 13.2. The van der Waals surface area contributed by atoms with Crippen LogP contribution in [0.1, 0.15) is 27.0 Å². The Bertz CT molecular complexity index is 841. The molecule has 0 heterocycles. The van der Waals surface area contributed by atoms with Crippen molar-refractivity contribution >= 4 is 35.8 Å². The fourth-order valence-electron chi connectivity index (χ4n) is 2.55. The van der Waals surface area contributed by atoms with Gasteiger partial charge in [-0.3, -0.25) is 9.79 Å². The first kappa shape index (κ1) is 26.7. The monoisotopic (exact) mass is 550 g/mol. The molecule has 2 rings (SSSR count). The smallest absolute Gasteiger partial charge is 0.367 e. The Morgan fingerprint density at radius 2 is 1.42 bits per heavy atom. The maximum atomic E-state index is 12.1. The fraction of sp³-hybridized carbons (Fsp3) is 0.333. The van der Waals surface area contributed by atoms with Gasteiger partial charge in [-0.1, -0.05) is 36.4 Å². The van der Waals surface area contributed by atoms with E-state index in [0.717, 1.165) is 11.1 Å². The summed E-state index contributed by atoms with van der Waals surface area (Å²) in [5.41, 5.74) is 3.21. The molecule has 0 fully saturated rings. The molecule has 0 atom stereocenters. The summed E-state index contributed by atoms with van der Waals surface area (Å²) in [6.45, 7) is -0.315. The van der Waals surface area contributed by atoms with Crippen LogP contribution in [0.25, 0.3) is 0 Å². The molecule has 6 nitrogen and oxygen atoms in total. The number of rotatable bonds is 8. The van der Waals surface area contributed by atoms with Crippen LogP contribution in [0.3, 0.4) is 0 Å². The maximum absolute atomic E-state index is 12.1. The number of guanidine groups is 1. The molecule has 1 amide bonds. The van der Waals surface area contributed by atoms with E-state index in [1.54, 1.807) is 38.4 Å². The Labute approximate surface area is 196 Å². The van der Waals surface area contributed by atoms with Crippen molar-refractivity contribution in [3.05, 3.63) is 70.8 Å². The molecular formula is C21H26F3IN4O2. The Morgan fingerprint density at radius 3 is 1.87 bits per heavy atom. The van der Waals surface area contributed by atoms with Gasteiger partial charge in [0.2, 0.25) is 0 Å². The van der Waals surface area contributed by atoms with Crippen molar-refractivity contribution in [3.63, 3.8) is 0 Å². The van der Waals surface area contributed by atoms with E-state index < -0.39 is 12.8 Å². The lowest BCUT2D eigenvalue weighted by molar-refractivity contribution is -0.176. The molecule has 0 aliphatic rings. The molecule has 0 saturated heterocycles. The Hall–Kier alpha value is -2.34. The number of benzene rings is 2. The zero-order valence-corrected chi connectivity index (χ0v) is 19.6. The second-order valence-electron chi connectivity index (χ2n) is 6.48. The van der Waals surface area contributed by atoms with Crippen LogP contribution in [0, 0.1) is 0 Å². The van der Waals surface area contributed by atoms with E-state index in [1.165, 1.54) is 0 Å². The highest BCUT2D eigenvalue weighted by molar-refractivity contribution is 14.0. The summed E-state index contributed by atoms with van der Waals surface area (Å²) in [5.74, 6) is 0.466. The van der Waals surface area contributed by atoms with Crippen LogP contribution in [-0.2, 0) is 24.4 Å². The maximum Gasteiger partial charge on any atom is 0.411 e. The summed E-state index contributed by atoms with van der Waals surface area (Å²) in [5, 5.41) is 8.93. The summed E-state index contributed by atoms with van der Waals surface area (Å²) >= 11 is 0. The number of carbonyl (C=O) groups excluding carboxylic acids is 1. The minimum atomic E-state index is -4.32. The number of halogens is 4. The standard InChI is InChI=1S/C21H25F3N4O2.HI/c1-25-19(29)18-9-7-16(8-10-18)12-28-20(26-2)27-11-15-3-5-17(6-4-15)13-30-14-21(22,23)24;/h3-10H,11-14H2,1-2H3,(H,25,29)(H2,26,27,28);1H. The lowest BCUT2D eigenvalue weighted by Gasteiger charge is -2.13. The van der Waals surface area contributed by atoms with E-state index in [2.05, 4.69) is 25.7 Å². The third-order valence-electron chi connectivity index (χ3n) is 4.14. The first-order valence-electron chi connectivity index (χ1n) is 9.28. The van der Waals surface area contributed by atoms with Gasteiger partial charge in [-0.25, -0.2) is 0 Å². The molecule has 0 unspecified atom stereocenters. The molecule has 0 aromatic heterocycles. The molecule has 2 aromatic rings. The molecule has 0 bridgehead atoms. The number of ether oxygens (including phenoxy) is 1. The Kier molecular flexibility index (Phi) is 11.3. The number of hydrogen-bond acceptors (Lipinski definition) is 3. The number of alkyl halides is 3. The summed E-state index contributed by atoms with van der Waals surface area (Å²) in [4.78, 5) is 15.7. The predicted molar refractivity (Wildman–Crippen MR) is 124 cm³/mol. The number of nitrogens with zero attached hydrogens (tertiary/aromatic N) is 1. The van der Waals surface area contributed by atoms with Crippen molar-refractivity contribution < 1.29 is 22.7 Å². The summed E-state index contributed by atoms with van der Waals surface area (Å²) in [6, 6.07) is 14.4. The Balaban J connectivity index is 0.00000480. The summed E-state index contributed by atoms with van der Waals surface area (Å²) < 4.78 is 41.0. The molecule has 10 heteroatoms. The van der Waals surface area contributed by atoms with Gasteiger partial charge in [0.25, 0.3) is 5.91 Å². The third-order valence-corrected chi connectivity index (χ3v) is 4.14. The molecule has 0 aliphatic carbocycles. The topological polar surface area (TPSA) is 74.8 Å². The van der Waals surface area contributed by atoms with E-state index in [0.29, 0.717) is 30.2 Å². The van der Waals surface area contributed by atoms with Gasteiger partial charge in [-0.15, -0.1) is 24.0 Å². The number of carbonyl (C=O) groups is 1. The van der Waals surface area contributed by atoms with Crippen LogP contribution < -0.4 is 16.0 Å². The van der Waals surface area contributed by atoms with Gasteiger partial charge in [0.15, 0.2) is 5.96 Å². The van der Waals surface area contributed by atoms with Crippen molar-refractivity contribution in [1.29, 1.82) is 0 Å². The van der Waals surface area contributed by atoms with Gasteiger partial charge in [0.1, 0.15) is 6.61 Å². The van der Waals surface area contributed by atoms with E-state index in [-0.39, 0.29) is 36.5 Å². The van der Waals surface area contributed by atoms with Crippen LogP contribution in [0.4, 0.5) is 13.2 Å². The van der Waals surface area contributed by atoms with Crippen molar-refractivity contribution in [2.45, 2.75) is 25.9 Å². The molecule has 170 valence electrons. The molecular weight excluding hydrogens is 524 g/mol. The van der Waals surface area contributed by atoms with Crippen LogP contribution in [0.2, 0.25) is 0 Å². The highest BCUT2D eigenvalue weighted by atomic mass is 127. The van der Waals surface area contributed by atoms with Gasteiger partial charge in [-0.05, 0) is 28.8 Å². The third kappa shape index (κ3) is 10.0. The van der Waals surface area contributed by atoms with Crippen LogP contribution in [0.15, 0.2) is 53.5 Å². The van der Waals surface area contributed by atoms with Gasteiger partial charge in [0.05, 0.1) is 6.61 Å².